The number of rotatable bonds is 3. The van der Waals surface area contributed by atoms with Crippen LogP contribution in [0.25, 0.3) is 55.2 Å². The maximum absolute atomic E-state index is 6.49. The minimum Gasteiger partial charge on any atom is -0.500 e. The van der Waals surface area contributed by atoms with E-state index in [0.717, 1.165) is 67.3 Å². The summed E-state index contributed by atoms with van der Waals surface area (Å²) >= 11 is 0. The van der Waals surface area contributed by atoms with Crippen LogP contribution in [-0.4, -0.2) is 15.0 Å². The van der Waals surface area contributed by atoms with Crippen LogP contribution in [0.5, 0.6) is 0 Å². The Bertz CT molecular complexity index is 1970. The molecule has 0 amide bonds. The van der Waals surface area contributed by atoms with Gasteiger partial charge in [-0.2, -0.15) is 0 Å². The molecule has 0 aliphatic heterocycles. The zero-order chi connectivity index (χ0) is 29.3. The Hall–Kier alpha value is -4.18. The van der Waals surface area contributed by atoms with Gasteiger partial charge in [-0.15, -0.1) is 54.1 Å². The van der Waals surface area contributed by atoms with Crippen molar-refractivity contribution in [3.05, 3.63) is 126 Å². The van der Waals surface area contributed by atoms with Crippen molar-refractivity contribution in [1.29, 1.82) is 0 Å². The van der Waals surface area contributed by atoms with Crippen LogP contribution in [0.1, 0.15) is 37.6 Å². The van der Waals surface area contributed by atoms with Crippen molar-refractivity contribution in [2.75, 3.05) is 0 Å². The van der Waals surface area contributed by atoms with Crippen LogP contribution in [0.4, 0.5) is 0 Å². The Labute approximate surface area is 266 Å². The maximum atomic E-state index is 6.49. The van der Waals surface area contributed by atoms with Gasteiger partial charge < -0.3 is 14.4 Å². The summed E-state index contributed by atoms with van der Waals surface area (Å²) in [5, 5.41) is 4.40. The molecule has 0 N–H and O–H groups in total. The molecule has 7 aromatic rings. The van der Waals surface area contributed by atoms with E-state index in [-0.39, 0.29) is 25.5 Å². The molecule has 0 aliphatic carbocycles. The van der Waals surface area contributed by atoms with Crippen molar-refractivity contribution in [3.8, 4) is 22.5 Å². The molecule has 0 saturated heterocycles. The number of aromatic nitrogens is 3. The van der Waals surface area contributed by atoms with Gasteiger partial charge in [0.2, 0.25) is 0 Å². The van der Waals surface area contributed by atoms with Crippen LogP contribution in [0.15, 0.2) is 102 Å². The second-order valence-corrected chi connectivity index (χ2v) is 11.9. The van der Waals surface area contributed by atoms with Crippen molar-refractivity contribution < 1.29 is 24.5 Å². The molecule has 0 bridgehead atoms. The van der Waals surface area contributed by atoms with E-state index in [1.807, 2.05) is 73.9 Å². The first-order chi connectivity index (χ1) is 20.3. The van der Waals surface area contributed by atoms with Gasteiger partial charge in [0.1, 0.15) is 5.58 Å². The van der Waals surface area contributed by atoms with Crippen molar-refractivity contribution in [2.24, 2.45) is 5.41 Å². The molecular weight excluding hydrogens is 707 g/mol. The van der Waals surface area contributed by atoms with E-state index < -0.39 is 0 Å². The number of aryl methyl sites for hydroxylation is 2. The Morgan fingerprint density at radius 3 is 2.30 bits per heavy atom. The zero-order valence-corrected chi connectivity index (χ0v) is 27.4. The molecule has 4 nitrogen and oxygen atoms in total. The van der Waals surface area contributed by atoms with Crippen LogP contribution in [-0.2, 0) is 26.5 Å². The molecule has 7 rings (SSSR count). The van der Waals surface area contributed by atoms with Gasteiger partial charge in [0.15, 0.2) is 0 Å². The molecule has 0 spiro atoms. The smallest absolute Gasteiger partial charge is 0.130 e. The second-order valence-electron chi connectivity index (χ2n) is 11.9. The fraction of sp³-hybridized carbons (Fsp3) is 0.184. The Morgan fingerprint density at radius 1 is 0.744 bits per heavy atom. The average Bonchev–Trinajstić information content (AvgIpc) is 3.38. The van der Waals surface area contributed by atoms with E-state index in [9.17, 15) is 0 Å². The molecule has 4 heterocycles. The molecule has 0 atom stereocenters. The number of nitrogens with zero attached hydrogens (tertiary/aromatic N) is 3. The summed E-state index contributed by atoms with van der Waals surface area (Å²) in [7, 11) is 0. The molecule has 0 fully saturated rings. The quantitative estimate of drug-likeness (QED) is 0.170. The molecule has 4 aromatic heterocycles. The minimum absolute atomic E-state index is 0. The molecule has 5 heteroatoms. The van der Waals surface area contributed by atoms with Crippen molar-refractivity contribution in [1.82, 2.24) is 15.0 Å². The summed E-state index contributed by atoms with van der Waals surface area (Å²) in [5.74, 6) is 0. The Kier molecular flexibility index (Phi) is 8.87. The number of benzene rings is 3. The van der Waals surface area contributed by atoms with E-state index in [1.54, 1.807) is 6.20 Å². The van der Waals surface area contributed by atoms with Crippen molar-refractivity contribution in [2.45, 2.75) is 41.0 Å². The third-order valence-electron chi connectivity index (χ3n) is 7.36. The molecular formula is C38H33IrN3O-2. The first kappa shape index (κ1) is 30.3. The summed E-state index contributed by atoms with van der Waals surface area (Å²) in [6, 6.07) is 32.8. The van der Waals surface area contributed by atoms with Gasteiger partial charge in [-0.3, -0.25) is 4.98 Å². The first-order valence-electron chi connectivity index (χ1n) is 14.2. The van der Waals surface area contributed by atoms with E-state index >= 15 is 0 Å². The molecule has 0 saturated carbocycles. The zero-order valence-electron chi connectivity index (χ0n) is 25.0. The van der Waals surface area contributed by atoms with Gasteiger partial charge in [0.05, 0.1) is 5.58 Å². The van der Waals surface area contributed by atoms with Crippen LogP contribution >= 0.6 is 0 Å². The number of fused-ring (bicyclic) bond motifs is 5. The normalized spacial score (nSPS) is 11.3. The number of hydrogen-bond donors (Lipinski definition) is 0. The fourth-order valence-corrected chi connectivity index (χ4v) is 5.36. The summed E-state index contributed by atoms with van der Waals surface area (Å²) in [5.41, 5.74) is 9.27. The van der Waals surface area contributed by atoms with Gasteiger partial charge in [0, 0.05) is 55.2 Å². The van der Waals surface area contributed by atoms with Crippen LogP contribution in [0.2, 0.25) is 0 Å². The van der Waals surface area contributed by atoms with E-state index in [2.05, 4.69) is 74.1 Å². The molecule has 3 aromatic carbocycles. The van der Waals surface area contributed by atoms with Crippen LogP contribution in [0, 0.1) is 31.4 Å². The molecule has 0 aliphatic rings. The third kappa shape index (κ3) is 6.44. The summed E-state index contributed by atoms with van der Waals surface area (Å²) in [6.45, 7) is 11.0. The van der Waals surface area contributed by atoms with Gasteiger partial charge >= 0.3 is 0 Å². The number of hydrogen-bond acceptors (Lipinski definition) is 4. The van der Waals surface area contributed by atoms with E-state index in [4.69, 9.17) is 9.40 Å². The topological polar surface area (TPSA) is 51.8 Å². The van der Waals surface area contributed by atoms with Gasteiger partial charge in [-0.25, -0.2) is 0 Å². The van der Waals surface area contributed by atoms with Crippen LogP contribution < -0.4 is 0 Å². The molecule has 1 radical (unpaired) electrons. The predicted molar refractivity (Wildman–Crippen MR) is 172 cm³/mol. The largest absolute Gasteiger partial charge is 0.500 e. The fourth-order valence-electron chi connectivity index (χ4n) is 5.36. The van der Waals surface area contributed by atoms with E-state index in [0.29, 0.717) is 0 Å². The number of furan rings is 1. The maximum Gasteiger partial charge on any atom is 0.130 e. The standard InChI is InChI=1S/C27H25N2O.C11H8N.Ir/c1-16-15-29-23(13-19(16)14-27(3,4)5)22-8-6-7-20-21-10-9-18-11-12-28-17(2)24(18)26(21)30-25(20)22;1-2-6-10(7-3-1)11-8-4-5-9-12-11;/h6-7,9-13,15H,14H2,1-5H3;1-6,8-9H;/q2*-1;. The Balaban J connectivity index is 0.000000238. The monoisotopic (exact) mass is 740 g/mol. The van der Waals surface area contributed by atoms with Gasteiger partial charge in [-0.1, -0.05) is 67.6 Å². The molecule has 217 valence electrons. The van der Waals surface area contributed by atoms with Crippen molar-refractivity contribution >= 4 is 32.7 Å². The number of pyridine rings is 3. The predicted octanol–water partition coefficient (Wildman–Crippen LogP) is 9.75. The van der Waals surface area contributed by atoms with Crippen LogP contribution in [0.3, 0.4) is 0 Å². The van der Waals surface area contributed by atoms with Gasteiger partial charge in [0.25, 0.3) is 0 Å². The average molecular weight is 740 g/mol. The van der Waals surface area contributed by atoms with Gasteiger partial charge in [-0.05, 0) is 60.2 Å². The summed E-state index contributed by atoms with van der Waals surface area (Å²) in [4.78, 5) is 13.4. The third-order valence-corrected chi connectivity index (χ3v) is 7.36. The molecule has 43 heavy (non-hydrogen) atoms. The molecule has 0 unspecified atom stereocenters. The SMILES string of the molecule is Cc1cnc(-c2[c-]ccc3c2oc2c3ccc3ccnc(C)c32)cc1CC(C)(C)C.[Ir].[c-]1ccccc1-c1ccccn1. The second kappa shape index (κ2) is 12.6. The Morgan fingerprint density at radius 2 is 1.56 bits per heavy atom. The minimum atomic E-state index is 0. The summed E-state index contributed by atoms with van der Waals surface area (Å²) < 4.78 is 6.49. The summed E-state index contributed by atoms with van der Waals surface area (Å²) in [6.07, 6.45) is 6.60. The van der Waals surface area contributed by atoms with Crippen molar-refractivity contribution in [3.63, 3.8) is 0 Å². The van der Waals surface area contributed by atoms with E-state index in [1.165, 1.54) is 11.1 Å². The first-order valence-corrected chi connectivity index (χ1v) is 14.2.